The second-order valence-corrected chi connectivity index (χ2v) is 3.08. The van der Waals surface area contributed by atoms with Gasteiger partial charge in [-0.15, -0.1) is 0 Å². The first kappa shape index (κ1) is 10.0. The summed E-state index contributed by atoms with van der Waals surface area (Å²) in [5.41, 5.74) is 5.14. The standard InChI is InChI=1S/C3H11N2O4P/c1-9-2-3(4)5-10(6,7)8/h3H,2,4H2,1H3,(H3,5,6,7,8). The molecule has 0 aromatic carbocycles. The molecule has 0 aliphatic heterocycles. The second kappa shape index (κ2) is 4.02. The van der Waals surface area contributed by atoms with Crippen LogP contribution in [0.4, 0.5) is 0 Å². The number of hydrogen-bond donors (Lipinski definition) is 4. The third-order valence-electron chi connectivity index (χ3n) is 0.680. The highest BCUT2D eigenvalue weighted by atomic mass is 31.2. The van der Waals surface area contributed by atoms with E-state index in [-0.39, 0.29) is 6.61 Å². The Balaban J connectivity index is 3.58. The van der Waals surface area contributed by atoms with Gasteiger partial charge in [0.05, 0.1) is 12.8 Å². The monoisotopic (exact) mass is 170 g/mol. The molecule has 0 amide bonds. The molecule has 0 saturated heterocycles. The predicted molar refractivity (Wildman–Crippen MR) is 35.0 cm³/mol. The van der Waals surface area contributed by atoms with Crippen LogP contribution in [0.25, 0.3) is 0 Å². The number of rotatable bonds is 4. The van der Waals surface area contributed by atoms with E-state index in [4.69, 9.17) is 15.5 Å². The molecule has 0 radical (unpaired) electrons. The maximum atomic E-state index is 10.2. The highest BCUT2D eigenvalue weighted by Crippen LogP contribution is 2.27. The minimum Gasteiger partial charge on any atom is -0.382 e. The van der Waals surface area contributed by atoms with Gasteiger partial charge in [-0.25, -0.2) is 9.65 Å². The van der Waals surface area contributed by atoms with Crippen molar-refractivity contribution in [2.75, 3.05) is 13.7 Å². The summed E-state index contributed by atoms with van der Waals surface area (Å²) in [6.07, 6.45) is -0.828. The quantitative estimate of drug-likeness (QED) is 0.305. The highest BCUT2D eigenvalue weighted by molar-refractivity contribution is 7.49. The Labute approximate surface area is 58.6 Å². The van der Waals surface area contributed by atoms with Crippen LogP contribution < -0.4 is 10.8 Å². The third-order valence-corrected chi connectivity index (χ3v) is 1.35. The fraction of sp³-hybridized carbons (Fsp3) is 1.00. The van der Waals surface area contributed by atoms with Crippen molar-refractivity contribution in [2.45, 2.75) is 6.17 Å². The highest BCUT2D eigenvalue weighted by Gasteiger charge is 2.15. The lowest BCUT2D eigenvalue weighted by atomic mass is 10.6. The summed E-state index contributed by atoms with van der Waals surface area (Å²) in [6.45, 7) is 0.0606. The van der Waals surface area contributed by atoms with Crippen molar-refractivity contribution in [2.24, 2.45) is 5.73 Å². The van der Waals surface area contributed by atoms with E-state index >= 15 is 0 Å². The van der Waals surface area contributed by atoms with Crippen LogP contribution in [0.2, 0.25) is 0 Å². The molecule has 0 saturated carbocycles. The van der Waals surface area contributed by atoms with Crippen LogP contribution in [0.5, 0.6) is 0 Å². The maximum Gasteiger partial charge on any atom is 0.401 e. The van der Waals surface area contributed by atoms with Gasteiger partial charge >= 0.3 is 7.75 Å². The molecule has 7 heteroatoms. The lowest BCUT2D eigenvalue weighted by Gasteiger charge is -2.12. The van der Waals surface area contributed by atoms with Gasteiger partial charge in [0.1, 0.15) is 0 Å². The van der Waals surface area contributed by atoms with Crippen molar-refractivity contribution in [1.82, 2.24) is 5.09 Å². The number of methoxy groups -OCH3 is 1. The van der Waals surface area contributed by atoms with Gasteiger partial charge in [-0.05, 0) is 0 Å². The van der Waals surface area contributed by atoms with Gasteiger partial charge in [0.15, 0.2) is 0 Å². The number of nitrogens with one attached hydrogen (secondary N) is 1. The van der Waals surface area contributed by atoms with E-state index in [1.165, 1.54) is 7.11 Å². The molecule has 62 valence electrons. The molecular formula is C3H11N2O4P. The van der Waals surface area contributed by atoms with E-state index in [0.29, 0.717) is 0 Å². The molecule has 0 rings (SSSR count). The first-order chi connectivity index (χ1) is 4.45. The first-order valence-electron chi connectivity index (χ1n) is 2.53. The lowest BCUT2D eigenvalue weighted by molar-refractivity contribution is 0.172. The van der Waals surface area contributed by atoms with Gasteiger partial charge in [-0.1, -0.05) is 0 Å². The largest absolute Gasteiger partial charge is 0.401 e. The van der Waals surface area contributed by atoms with Crippen LogP contribution in [0.15, 0.2) is 0 Å². The van der Waals surface area contributed by atoms with E-state index in [0.717, 1.165) is 0 Å². The summed E-state index contributed by atoms with van der Waals surface area (Å²) in [7, 11) is -2.82. The van der Waals surface area contributed by atoms with Crippen LogP contribution >= 0.6 is 7.75 Å². The summed E-state index contributed by atoms with van der Waals surface area (Å²) in [6, 6.07) is 0. The van der Waals surface area contributed by atoms with Crippen molar-refractivity contribution in [3.63, 3.8) is 0 Å². The Morgan fingerprint density at radius 2 is 2.30 bits per heavy atom. The van der Waals surface area contributed by atoms with E-state index in [9.17, 15) is 4.57 Å². The third kappa shape index (κ3) is 6.15. The Bertz CT molecular complexity index is 134. The van der Waals surface area contributed by atoms with Crippen LogP contribution in [-0.2, 0) is 9.30 Å². The second-order valence-electron chi connectivity index (χ2n) is 1.73. The van der Waals surface area contributed by atoms with Gasteiger partial charge in [0.2, 0.25) is 0 Å². The molecule has 0 aromatic rings. The van der Waals surface area contributed by atoms with Crippen LogP contribution in [-0.4, -0.2) is 29.7 Å². The van der Waals surface area contributed by atoms with Crippen LogP contribution in [0.3, 0.4) is 0 Å². The number of ether oxygens (including phenoxy) is 1. The van der Waals surface area contributed by atoms with Gasteiger partial charge in [0, 0.05) is 7.11 Å². The molecule has 0 bridgehead atoms. The van der Waals surface area contributed by atoms with Gasteiger partial charge in [-0.3, -0.25) is 0 Å². The van der Waals surface area contributed by atoms with Gasteiger partial charge in [-0.2, -0.15) is 0 Å². The van der Waals surface area contributed by atoms with E-state index in [1.807, 2.05) is 5.09 Å². The van der Waals surface area contributed by atoms with Crippen molar-refractivity contribution in [3.8, 4) is 0 Å². The zero-order valence-corrected chi connectivity index (χ0v) is 6.41. The Hall–Kier alpha value is 0.0300. The molecule has 0 fully saturated rings. The minimum atomic E-state index is -4.21. The summed E-state index contributed by atoms with van der Waals surface area (Å²) in [5.74, 6) is 0. The fourth-order valence-corrected chi connectivity index (χ4v) is 0.939. The number of nitrogens with two attached hydrogens (primary N) is 1. The molecule has 0 aliphatic carbocycles. The lowest BCUT2D eigenvalue weighted by Crippen LogP contribution is -2.38. The fourth-order valence-electron chi connectivity index (χ4n) is 0.433. The van der Waals surface area contributed by atoms with Crippen molar-refractivity contribution < 1.29 is 19.1 Å². The summed E-state index contributed by atoms with van der Waals surface area (Å²) < 4.78 is 14.7. The van der Waals surface area contributed by atoms with Crippen molar-refractivity contribution >= 4 is 7.75 Å². The molecule has 5 N–H and O–H groups in total. The molecule has 0 spiro atoms. The minimum absolute atomic E-state index is 0.0606. The molecule has 0 heterocycles. The molecule has 1 unspecified atom stereocenters. The summed E-state index contributed by atoms with van der Waals surface area (Å²) in [5, 5.41) is 1.84. The molecule has 10 heavy (non-hydrogen) atoms. The summed E-state index contributed by atoms with van der Waals surface area (Å²) >= 11 is 0. The Kier molecular flexibility index (Phi) is 4.04. The van der Waals surface area contributed by atoms with Gasteiger partial charge in [0.25, 0.3) is 0 Å². The molecule has 0 aromatic heterocycles. The van der Waals surface area contributed by atoms with Crippen molar-refractivity contribution in [3.05, 3.63) is 0 Å². The van der Waals surface area contributed by atoms with Crippen molar-refractivity contribution in [1.29, 1.82) is 0 Å². The van der Waals surface area contributed by atoms with Gasteiger partial charge < -0.3 is 20.3 Å². The predicted octanol–water partition coefficient (Wildman–Crippen LogP) is -1.40. The smallest absolute Gasteiger partial charge is 0.382 e. The molecule has 0 aliphatic rings. The summed E-state index contributed by atoms with van der Waals surface area (Å²) in [4.78, 5) is 16.6. The first-order valence-corrected chi connectivity index (χ1v) is 4.15. The average Bonchev–Trinajstić information content (AvgIpc) is 1.59. The zero-order chi connectivity index (χ0) is 8.20. The van der Waals surface area contributed by atoms with Crippen LogP contribution in [0.1, 0.15) is 0 Å². The van der Waals surface area contributed by atoms with Crippen LogP contribution in [0, 0.1) is 0 Å². The average molecular weight is 170 g/mol. The SMILES string of the molecule is COCC(N)NP(=O)(O)O. The van der Waals surface area contributed by atoms with E-state index in [2.05, 4.69) is 4.74 Å². The maximum absolute atomic E-state index is 10.2. The molecule has 1 atom stereocenters. The molecule has 6 nitrogen and oxygen atoms in total. The Morgan fingerprint density at radius 1 is 1.80 bits per heavy atom. The molecular weight excluding hydrogens is 159 g/mol. The van der Waals surface area contributed by atoms with E-state index < -0.39 is 13.9 Å². The van der Waals surface area contributed by atoms with E-state index in [1.54, 1.807) is 0 Å². The topological polar surface area (TPSA) is 105 Å². The Morgan fingerprint density at radius 3 is 2.60 bits per heavy atom. The normalized spacial score (nSPS) is 15.2. The number of hydrogen-bond acceptors (Lipinski definition) is 3. The zero-order valence-electron chi connectivity index (χ0n) is 5.52.